The van der Waals surface area contributed by atoms with Crippen molar-refractivity contribution in [2.45, 2.75) is 69.1 Å². The summed E-state index contributed by atoms with van der Waals surface area (Å²) in [7, 11) is 0. The zero-order chi connectivity index (χ0) is 11.0. The molecule has 3 N–H and O–H groups in total. The molecule has 2 unspecified atom stereocenters. The molecule has 0 aromatic carbocycles. The van der Waals surface area contributed by atoms with Crippen LogP contribution < -0.4 is 11.1 Å². The highest BCUT2D eigenvalue weighted by molar-refractivity contribution is 4.91. The van der Waals surface area contributed by atoms with Gasteiger partial charge in [0, 0.05) is 24.2 Å². The van der Waals surface area contributed by atoms with Crippen molar-refractivity contribution in [2.24, 2.45) is 5.73 Å². The third kappa shape index (κ3) is 2.58. The van der Waals surface area contributed by atoms with Crippen molar-refractivity contribution in [1.82, 2.24) is 10.2 Å². The van der Waals surface area contributed by atoms with E-state index >= 15 is 0 Å². The average molecular weight is 223 g/mol. The third-order valence-electron chi connectivity index (χ3n) is 4.54. The summed E-state index contributed by atoms with van der Waals surface area (Å²) in [6, 6.07) is 2.91. The van der Waals surface area contributed by atoms with Crippen molar-refractivity contribution in [3.8, 4) is 0 Å². The van der Waals surface area contributed by atoms with Gasteiger partial charge in [0.25, 0.3) is 0 Å². The molecular weight excluding hydrogens is 198 g/mol. The van der Waals surface area contributed by atoms with Crippen molar-refractivity contribution in [3.63, 3.8) is 0 Å². The lowest BCUT2D eigenvalue weighted by Gasteiger charge is -2.34. The van der Waals surface area contributed by atoms with Crippen LogP contribution in [-0.4, -0.2) is 42.2 Å². The van der Waals surface area contributed by atoms with Crippen LogP contribution in [0.4, 0.5) is 0 Å². The number of piperidine rings is 1. The van der Waals surface area contributed by atoms with Crippen molar-refractivity contribution >= 4 is 0 Å². The summed E-state index contributed by atoms with van der Waals surface area (Å²) in [5.74, 6) is 0. The van der Waals surface area contributed by atoms with E-state index in [1.54, 1.807) is 0 Å². The van der Waals surface area contributed by atoms with Crippen LogP contribution in [0.15, 0.2) is 0 Å². The Bertz CT molecular complexity index is 231. The molecular formula is C13H25N3. The van der Waals surface area contributed by atoms with Gasteiger partial charge < -0.3 is 16.0 Å². The van der Waals surface area contributed by atoms with Gasteiger partial charge in [0.05, 0.1) is 0 Å². The fraction of sp³-hybridized carbons (Fsp3) is 1.00. The van der Waals surface area contributed by atoms with E-state index in [-0.39, 0.29) is 0 Å². The van der Waals surface area contributed by atoms with Gasteiger partial charge in [0.1, 0.15) is 0 Å². The molecule has 3 nitrogen and oxygen atoms in total. The van der Waals surface area contributed by atoms with E-state index in [0.717, 1.165) is 12.1 Å². The summed E-state index contributed by atoms with van der Waals surface area (Å²) >= 11 is 0. The van der Waals surface area contributed by atoms with E-state index in [4.69, 9.17) is 5.73 Å². The molecule has 3 heteroatoms. The number of rotatable bonds is 3. The minimum atomic E-state index is 0.462. The number of likely N-dealkylation sites (tertiary alicyclic amines) is 1. The Kier molecular flexibility index (Phi) is 3.18. The van der Waals surface area contributed by atoms with Crippen LogP contribution in [-0.2, 0) is 0 Å². The molecule has 0 aromatic heterocycles. The standard InChI is InChI=1S/C13H25N3/c14-10-1-2-12(9-10)15-11-5-7-16(8-6-11)13-3-4-13/h10-13,15H,1-9,14H2. The smallest absolute Gasteiger partial charge is 0.00964 e. The maximum atomic E-state index is 5.95. The fourth-order valence-electron chi connectivity index (χ4n) is 3.37. The second-order valence-electron chi connectivity index (χ2n) is 5.98. The second-order valence-corrected chi connectivity index (χ2v) is 5.98. The van der Waals surface area contributed by atoms with Crippen LogP contribution >= 0.6 is 0 Å². The van der Waals surface area contributed by atoms with E-state index in [1.165, 1.54) is 58.0 Å². The SMILES string of the molecule is NC1CCC(NC2CCN(C3CC3)CC2)C1. The monoisotopic (exact) mass is 223 g/mol. The molecule has 0 radical (unpaired) electrons. The lowest BCUT2D eigenvalue weighted by atomic mass is 10.0. The van der Waals surface area contributed by atoms with Gasteiger partial charge in [-0.05, 0) is 58.0 Å². The summed E-state index contributed by atoms with van der Waals surface area (Å²) in [6.07, 6.45) is 9.32. The van der Waals surface area contributed by atoms with E-state index in [2.05, 4.69) is 10.2 Å². The topological polar surface area (TPSA) is 41.3 Å². The Labute approximate surface area is 98.8 Å². The number of nitrogens with two attached hydrogens (primary N) is 1. The highest BCUT2D eigenvalue weighted by atomic mass is 15.2. The Morgan fingerprint density at radius 2 is 1.62 bits per heavy atom. The number of hydrogen-bond acceptors (Lipinski definition) is 3. The zero-order valence-corrected chi connectivity index (χ0v) is 10.2. The highest BCUT2D eigenvalue weighted by Gasteiger charge is 2.32. The van der Waals surface area contributed by atoms with Gasteiger partial charge in [-0.3, -0.25) is 0 Å². The number of nitrogens with zero attached hydrogens (tertiary/aromatic N) is 1. The Morgan fingerprint density at radius 1 is 0.875 bits per heavy atom. The first kappa shape index (κ1) is 11.0. The average Bonchev–Trinajstić information content (AvgIpc) is 3.05. The molecule has 3 aliphatic rings. The summed E-state index contributed by atoms with van der Waals surface area (Å²) in [4.78, 5) is 2.69. The Morgan fingerprint density at radius 3 is 2.19 bits per heavy atom. The summed E-state index contributed by atoms with van der Waals surface area (Å²) in [6.45, 7) is 2.64. The molecule has 0 bridgehead atoms. The molecule has 3 fully saturated rings. The number of nitrogens with one attached hydrogen (secondary N) is 1. The first-order valence-electron chi connectivity index (χ1n) is 7.07. The van der Waals surface area contributed by atoms with Crippen molar-refractivity contribution in [1.29, 1.82) is 0 Å². The predicted molar refractivity (Wildman–Crippen MR) is 66.4 cm³/mol. The van der Waals surface area contributed by atoms with Crippen LogP contribution in [0.2, 0.25) is 0 Å². The molecule has 2 saturated carbocycles. The van der Waals surface area contributed by atoms with Gasteiger partial charge in [0.15, 0.2) is 0 Å². The first-order valence-corrected chi connectivity index (χ1v) is 7.07. The lowest BCUT2D eigenvalue weighted by Crippen LogP contribution is -2.46. The third-order valence-corrected chi connectivity index (χ3v) is 4.54. The maximum Gasteiger partial charge on any atom is 0.00964 e. The Hall–Kier alpha value is -0.120. The van der Waals surface area contributed by atoms with Crippen LogP contribution in [0.5, 0.6) is 0 Å². The van der Waals surface area contributed by atoms with Crippen LogP contribution in [0, 0.1) is 0 Å². The molecule has 0 aromatic rings. The van der Waals surface area contributed by atoms with E-state index < -0.39 is 0 Å². The van der Waals surface area contributed by atoms with Gasteiger partial charge in [-0.15, -0.1) is 0 Å². The fourth-order valence-corrected chi connectivity index (χ4v) is 3.37. The molecule has 0 spiro atoms. The van der Waals surface area contributed by atoms with Crippen molar-refractivity contribution in [2.75, 3.05) is 13.1 Å². The summed E-state index contributed by atoms with van der Waals surface area (Å²) in [5.41, 5.74) is 5.95. The van der Waals surface area contributed by atoms with Crippen LogP contribution in [0.25, 0.3) is 0 Å². The minimum Gasteiger partial charge on any atom is -0.328 e. The molecule has 2 aliphatic carbocycles. The molecule has 1 heterocycles. The highest BCUT2D eigenvalue weighted by Crippen LogP contribution is 2.29. The van der Waals surface area contributed by atoms with Crippen LogP contribution in [0.3, 0.4) is 0 Å². The van der Waals surface area contributed by atoms with Crippen molar-refractivity contribution < 1.29 is 0 Å². The van der Waals surface area contributed by atoms with Gasteiger partial charge >= 0.3 is 0 Å². The van der Waals surface area contributed by atoms with Gasteiger partial charge in [-0.2, -0.15) is 0 Å². The molecule has 0 amide bonds. The largest absolute Gasteiger partial charge is 0.328 e. The first-order chi connectivity index (χ1) is 7.81. The second kappa shape index (κ2) is 4.63. The lowest BCUT2D eigenvalue weighted by molar-refractivity contribution is 0.183. The van der Waals surface area contributed by atoms with E-state index in [1.807, 2.05) is 0 Å². The number of hydrogen-bond donors (Lipinski definition) is 2. The molecule has 1 saturated heterocycles. The van der Waals surface area contributed by atoms with Crippen LogP contribution in [0.1, 0.15) is 44.9 Å². The quantitative estimate of drug-likeness (QED) is 0.752. The molecule has 3 rings (SSSR count). The predicted octanol–water partition coefficient (Wildman–Crippen LogP) is 1.08. The molecule has 92 valence electrons. The molecule has 1 aliphatic heterocycles. The van der Waals surface area contributed by atoms with Gasteiger partial charge in [-0.1, -0.05) is 0 Å². The maximum absolute atomic E-state index is 5.95. The normalized spacial score (nSPS) is 38.1. The zero-order valence-electron chi connectivity index (χ0n) is 10.2. The molecule has 16 heavy (non-hydrogen) atoms. The van der Waals surface area contributed by atoms with Gasteiger partial charge in [0.2, 0.25) is 0 Å². The summed E-state index contributed by atoms with van der Waals surface area (Å²) in [5, 5.41) is 3.82. The van der Waals surface area contributed by atoms with E-state index in [9.17, 15) is 0 Å². The summed E-state index contributed by atoms with van der Waals surface area (Å²) < 4.78 is 0. The van der Waals surface area contributed by atoms with Crippen molar-refractivity contribution in [3.05, 3.63) is 0 Å². The van der Waals surface area contributed by atoms with E-state index in [0.29, 0.717) is 12.1 Å². The van der Waals surface area contributed by atoms with Gasteiger partial charge in [-0.25, -0.2) is 0 Å². The minimum absolute atomic E-state index is 0.462. The molecule has 2 atom stereocenters. The Balaban J connectivity index is 1.40.